The van der Waals surface area contributed by atoms with E-state index in [4.69, 9.17) is 37.0 Å². The summed E-state index contributed by atoms with van der Waals surface area (Å²) in [6, 6.07) is 0. The molecule has 0 fully saturated rings. The summed E-state index contributed by atoms with van der Waals surface area (Å²) in [6.45, 7) is 4.40. The van der Waals surface area contributed by atoms with E-state index in [9.17, 15) is 43.2 Å². The predicted molar refractivity (Wildman–Crippen MR) is 436 cm³/mol. The number of carbonyl (C=O) groups is 4. The molecule has 3 N–H and O–H groups in total. The van der Waals surface area contributed by atoms with Crippen molar-refractivity contribution in [3.63, 3.8) is 0 Å². The highest BCUT2D eigenvalue weighted by molar-refractivity contribution is 7.47. The van der Waals surface area contributed by atoms with Gasteiger partial charge in [-0.25, -0.2) is 9.13 Å². The van der Waals surface area contributed by atoms with Gasteiger partial charge in [-0.05, 0) is 173 Å². The second-order valence-electron chi connectivity index (χ2n) is 26.2. The largest absolute Gasteiger partial charge is 0.472 e. The number of hydrogen-bond donors (Lipinski definition) is 3. The van der Waals surface area contributed by atoms with E-state index in [1.807, 2.05) is 0 Å². The maximum atomic E-state index is 13.1. The third-order valence-electron chi connectivity index (χ3n) is 16.2. The summed E-state index contributed by atoms with van der Waals surface area (Å²) in [5.41, 5.74) is 0. The molecule has 17 nitrogen and oxygen atoms in total. The Morgan fingerprint density at radius 1 is 0.274 bits per heavy atom. The molecule has 0 radical (unpaired) electrons. The van der Waals surface area contributed by atoms with Gasteiger partial charge < -0.3 is 33.8 Å². The van der Waals surface area contributed by atoms with Crippen LogP contribution in [0.15, 0.2) is 170 Å². The lowest BCUT2D eigenvalue weighted by Crippen LogP contribution is -2.30. The van der Waals surface area contributed by atoms with Crippen LogP contribution < -0.4 is 0 Å². The number of allylic oxidation sites excluding steroid dienone is 28. The van der Waals surface area contributed by atoms with Crippen molar-refractivity contribution in [3.05, 3.63) is 170 Å². The SMILES string of the molecule is CC/C=C\C/C=C\C/C=C\C/C=C\C/C=C\CCCCCC(=O)OCC(COP(=O)(O)OCC(O)COP(=O)(O)OCC(COC(=O)CCCCCC/C=C\C/C=C\C/C=C\C/C=C\CC)OC(=O)CCCCCCC/C=C\C/C=C\C/C=C\CC)OC(=O)CCCCCCC/C=C\C/C=C\CCCCC. The van der Waals surface area contributed by atoms with Crippen molar-refractivity contribution in [2.45, 2.75) is 316 Å². The molecule has 0 bridgehead atoms. The van der Waals surface area contributed by atoms with Gasteiger partial charge in [0.1, 0.15) is 19.3 Å². The first-order valence-corrected chi connectivity index (χ1v) is 43.4. The van der Waals surface area contributed by atoms with Crippen LogP contribution in [0.25, 0.3) is 0 Å². The molecule has 0 saturated heterocycles. The first kappa shape index (κ1) is 100. The number of hydrogen-bond acceptors (Lipinski definition) is 15. The van der Waals surface area contributed by atoms with E-state index in [-0.39, 0.29) is 25.7 Å². The first-order chi connectivity index (χ1) is 51.7. The number of unbranched alkanes of at least 4 members (excludes halogenated alkanes) is 20. The highest BCUT2D eigenvalue weighted by Crippen LogP contribution is 2.45. The second kappa shape index (κ2) is 77.6. The molecule has 0 aromatic carbocycles. The third kappa shape index (κ3) is 76.6. The highest BCUT2D eigenvalue weighted by Gasteiger charge is 2.30. The molecule has 5 unspecified atom stereocenters. The smallest absolute Gasteiger partial charge is 0.462 e. The number of carbonyl (C=O) groups excluding carboxylic acids is 4. The first-order valence-electron chi connectivity index (χ1n) is 40.4. The van der Waals surface area contributed by atoms with Gasteiger partial charge in [-0.15, -0.1) is 0 Å². The van der Waals surface area contributed by atoms with Gasteiger partial charge in [-0.2, -0.15) is 0 Å². The average Bonchev–Trinajstić information content (AvgIpc) is 0.909. The zero-order chi connectivity index (χ0) is 77.4. The van der Waals surface area contributed by atoms with Gasteiger partial charge in [0.05, 0.1) is 26.4 Å². The van der Waals surface area contributed by atoms with Gasteiger partial charge in [0.25, 0.3) is 0 Å². The summed E-state index contributed by atoms with van der Waals surface area (Å²) >= 11 is 0. The van der Waals surface area contributed by atoms with Crippen LogP contribution in [0, 0.1) is 0 Å². The molecule has 0 aromatic rings. The molecule has 0 amide bonds. The van der Waals surface area contributed by atoms with E-state index in [2.05, 4.69) is 198 Å². The maximum absolute atomic E-state index is 13.1. The quantitative estimate of drug-likeness (QED) is 0.0169. The van der Waals surface area contributed by atoms with Crippen LogP contribution >= 0.6 is 15.6 Å². The minimum Gasteiger partial charge on any atom is -0.462 e. The number of phosphoric ester groups is 2. The van der Waals surface area contributed by atoms with Crippen LogP contribution in [-0.2, 0) is 65.4 Å². The molecule has 0 aliphatic rings. The summed E-state index contributed by atoms with van der Waals surface area (Å²) in [4.78, 5) is 73.1. The van der Waals surface area contributed by atoms with Gasteiger partial charge in [0, 0.05) is 25.7 Å². The average molecular weight is 1520 g/mol. The number of rotatable bonds is 74. The summed E-state index contributed by atoms with van der Waals surface area (Å²) in [5, 5.41) is 10.7. The van der Waals surface area contributed by atoms with Crippen molar-refractivity contribution >= 4 is 39.5 Å². The molecular weight excluding hydrogens is 1380 g/mol. The topological polar surface area (TPSA) is 237 Å². The van der Waals surface area contributed by atoms with Gasteiger partial charge in [-0.1, -0.05) is 268 Å². The predicted octanol–water partition coefficient (Wildman–Crippen LogP) is 23.8. The molecular formula is C87H142O17P2. The summed E-state index contributed by atoms with van der Waals surface area (Å²) in [6.07, 6.45) is 91.8. The number of esters is 4. The number of aliphatic hydroxyl groups excluding tert-OH is 1. The third-order valence-corrected chi connectivity index (χ3v) is 18.1. The fraction of sp³-hybridized carbons (Fsp3) is 0.632. The van der Waals surface area contributed by atoms with Crippen LogP contribution in [0.3, 0.4) is 0 Å². The fourth-order valence-corrected chi connectivity index (χ4v) is 11.7. The maximum Gasteiger partial charge on any atom is 0.472 e. The summed E-state index contributed by atoms with van der Waals surface area (Å²) in [7, 11) is -10.00. The van der Waals surface area contributed by atoms with Crippen molar-refractivity contribution in [2.75, 3.05) is 39.6 Å². The van der Waals surface area contributed by atoms with Gasteiger partial charge in [0.2, 0.25) is 0 Å². The molecule has 106 heavy (non-hydrogen) atoms. The van der Waals surface area contributed by atoms with Crippen LogP contribution in [0.4, 0.5) is 0 Å². The fourth-order valence-electron chi connectivity index (χ4n) is 10.1. The lowest BCUT2D eigenvalue weighted by atomic mass is 10.1. The van der Waals surface area contributed by atoms with E-state index in [1.165, 1.54) is 19.3 Å². The molecule has 0 spiro atoms. The zero-order valence-electron chi connectivity index (χ0n) is 65.8. The molecule has 0 aliphatic carbocycles. The Kier molecular flexibility index (Phi) is 73.5. The van der Waals surface area contributed by atoms with Crippen molar-refractivity contribution in [1.82, 2.24) is 0 Å². The number of ether oxygens (including phenoxy) is 4. The molecule has 0 aromatic heterocycles. The minimum atomic E-state index is -5.00. The van der Waals surface area contributed by atoms with Crippen LogP contribution in [0.1, 0.15) is 297 Å². The number of phosphoric acid groups is 2. The zero-order valence-corrected chi connectivity index (χ0v) is 67.6. The molecule has 0 heterocycles. The normalized spacial score (nSPS) is 14.7. The number of aliphatic hydroxyl groups is 1. The molecule has 0 saturated carbocycles. The monoisotopic (exact) mass is 1520 g/mol. The van der Waals surface area contributed by atoms with Crippen molar-refractivity contribution in [1.29, 1.82) is 0 Å². The van der Waals surface area contributed by atoms with Crippen molar-refractivity contribution in [3.8, 4) is 0 Å². The lowest BCUT2D eigenvalue weighted by Gasteiger charge is -2.21. The Hall–Kier alpha value is -5.58. The molecule has 0 aliphatic heterocycles. The molecule has 602 valence electrons. The van der Waals surface area contributed by atoms with E-state index < -0.39 is 97.5 Å². The van der Waals surface area contributed by atoms with Crippen molar-refractivity contribution in [2.24, 2.45) is 0 Å². The van der Waals surface area contributed by atoms with E-state index >= 15 is 0 Å². The Labute approximate surface area is 642 Å². The Bertz CT molecular complexity index is 2680. The van der Waals surface area contributed by atoms with E-state index in [1.54, 1.807) is 0 Å². The lowest BCUT2D eigenvalue weighted by molar-refractivity contribution is -0.161. The molecule has 5 atom stereocenters. The van der Waals surface area contributed by atoms with Crippen LogP contribution in [-0.4, -0.2) is 96.7 Å². The van der Waals surface area contributed by atoms with Gasteiger partial charge >= 0.3 is 39.5 Å². The Morgan fingerprint density at radius 2 is 0.491 bits per heavy atom. The summed E-state index contributed by atoms with van der Waals surface area (Å²) in [5.74, 6) is -2.28. The second-order valence-corrected chi connectivity index (χ2v) is 29.1. The van der Waals surface area contributed by atoms with Crippen LogP contribution in [0.2, 0.25) is 0 Å². The minimum absolute atomic E-state index is 0.0630. The Balaban J connectivity index is 5.46. The molecule has 0 rings (SSSR count). The highest BCUT2D eigenvalue weighted by atomic mass is 31.2. The molecule has 19 heteroatoms. The van der Waals surface area contributed by atoms with E-state index in [0.29, 0.717) is 25.7 Å². The van der Waals surface area contributed by atoms with Crippen molar-refractivity contribution < 1.29 is 80.2 Å². The van der Waals surface area contributed by atoms with E-state index in [0.717, 1.165) is 199 Å². The Morgan fingerprint density at radius 3 is 0.764 bits per heavy atom. The van der Waals surface area contributed by atoms with Crippen LogP contribution in [0.5, 0.6) is 0 Å². The van der Waals surface area contributed by atoms with Gasteiger partial charge in [-0.3, -0.25) is 37.3 Å². The standard InChI is InChI=1S/C87H142O17P2/c1-5-9-13-17-21-25-29-33-37-39-40-42-46-48-52-56-60-64-68-72-85(90)98-78-83(104-87(92)74-70-66-62-58-54-50-44-36-32-28-24-20-16-12-8-4)80-102-106(95,96)100-76-81(88)75-99-105(93,94)101-79-82(103-86(91)73-69-65-61-57-53-49-43-35-31-27-23-19-15-11-7-3)77-97-84(89)71-67-63-59-55-51-47-45-41-38-34-30-26-22-18-14-10-6-2/h9-11,13-15,21-28,33-38,40,42-45,47-48,52,81-83,88H,5-8,12,16-20,29-32,39,41,46,49-51,53-80H2,1-4H3,(H,93,94)(H,95,96)/b13-9-,14-10-,15-11-,25-21-,26-22-,27-23-,28-24-,37-33-,38-34-,42-40-,43-35-,44-36-,47-45-,52-48-. The van der Waals surface area contributed by atoms with Gasteiger partial charge in [0.15, 0.2) is 12.2 Å². The summed E-state index contributed by atoms with van der Waals surface area (Å²) < 4.78 is 68.6.